The van der Waals surface area contributed by atoms with Crippen LogP contribution in [0.4, 0.5) is 11.4 Å². The first-order valence-electron chi connectivity index (χ1n) is 17.5. The van der Waals surface area contributed by atoms with E-state index in [1.807, 2.05) is 41.3 Å². The SMILES string of the molecule is CCC(C)C(C(=O)Nc1ccc(N2CC(C)CC(C)C2)cc1)N1C(=O)c2ccccc2C1c1c(-c2ccccc2)n(C)c2ccccc12. The number of rotatable bonds is 8. The van der Waals surface area contributed by atoms with E-state index in [1.54, 1.807) is 0 Å². The molecule has 246 valence electrons. The van der Waals surface area contributed by atoms with Crippen molar-refractivity contribution in [1.82, 2.24) is 9.47 Å². The summed E-state index contributed by atoms with van der Waals surface area (Å²) < 4.78 is 2.23. The zero-order valence-electron chi connectivity index (χ0n) is 28.7. The molecule has 48 heavy (non-hydrogen) atoms. The average molecular weight is 639 g/mol. The van der Waals surface area contributed by atoms with Crippen LogP contribution in [0.2, 0.25) is 0 Å². The molecule has 2 aliphatic rings. The number of anilines is 2. The van der Waals surface area contributed by atoms with Crippen molar-refractivity contribution in [2.45, 2.75) is 52.6 Å². The van der Waals surface area contributed by atoms with E-state index in [0.29, 0.717) is 17.4 Å². The van der Waals surface area contributed by atoms with Crippen LogP contribution >= 0.6 is 0 Å². The van der Waals surface area contributed by atoms with Gasteiger partial charge in [-0.05, 0) is 71.7 Å². The first-order chi connectivity index (χ1) is 23.3. The van der Waals surface area contributed by atoms with Crippen LogP contribution < -0.4 is 10.2 Å². The van der Waals surface area contributed by atoms with E-state index in [-0.39, 0.29) is 17.7 Å². The topological polar surface area (TPSA) is 57.6 Å². The molecule has 5 aromatic rings. The smallest absolute Gasteiger partial charge is 0.255 e. The van der Waals surface area contributed by atoms with Crippen LogP contribution in [0.15, 0.2) is 103 Å². The highest BCUT2D eigenvalue weighted by Gasteiger charge is 2.47. The predicted molar refractivity (Wildman–Crippen MR) is 196 cm³/mol. The monoisotopic (exact) mass is 638 g/mol. The molecule has 1 N–H and O–H groups in total. The third-order valence-electron chi connectivity index (χ3n) is 10.6. The standard InChI is InChI=1S/C42H46N4O2/c1-6-29(4)38(41(47)43-31-20-22-32(23-21-31)45-25-27(2)24-28(3)26-45)46-40(33-16-10-11-17-34(33)42(46)48)37-35-18-12-13-19-36(35)44(5)39(37)30-14-8-7-9-15-30/h7-23,27-29,38,40H,6,24-26H2,1-5H3,(H,43,47). The van der Waals surface area contributed by atoms with Gasteiger partial charge in [0, 0.05) is 53.5 Å². The summed E-state index contributed by atoms with van der Waals surface area (Å²) in [4.78, 5) is 33.5. The lowest BCUT2D eigenvalue weighted by atomic mass is 9.90. The number of aryl methyl sites for hydroxylation is 1. The molecule has 3 heterocycles. The van der Waals surface area contributed by atoms with Gasteiger partial charge in [0.25, 0.3) is 5.91 Å². The van der Waals surface area contributed by atoms with Crippen LogP contribution in [-0.2, 0) is 11.8 Å². The Morgan fingerprint density at radius 3 is 2.21 bits per heavy atom. The number of piperidine rings is 1. The molecule has 2 amide bonds. The van der Waals surface area contributed by atoms with Crippen molar-refractivity contribution >= 4 is 34.1 Å². The maximum atomic E-state index is 14.6. The highest BCUT2D eigenvalue weighted by Crippen LogP contribution is 2.48. The molecule has 4 aromatic carbocycles. The lowest BCUT2D eigenvalue weighted by Crippen LogP contribution is -2.50. The zero-order chi connectivity index (χ0) is 33.5. The lowest BCUT2D eigenvalue weighted by Gasteiger charge is -2.37. The summed E-state index contributed by atoms with van der Waals surface area (Å²) in [6.07, 6.45) is 2.00. The Balaban J connectivity index is 1.31. The molecule has 1 fully saturated rings. The zero-order valence-corrected chi connectivity index (χ0v) is 28.7. The van der Waals surface area contributed by atoms with Crippen molar-refractivity contribution in [2.75, 3.05) is 23.3 Å². The summed E-state index contributed by atoms with van der Waals surface area (Å²) in [5.74, 6) is 0.959. The molecule has 7 rings (SSSR count). The van der Waals surface area contributed by atoms with Crippen LogP contribution in [0, 0.1) is 17.8 Å². The quantitative estimate of drug-likeness (QED) is 0.185. The highest BCUT2D eigenvalue weighted by molar-refractivity contribution is 6.06. The first kappa shape index (κ1) is 31.7. The minimum absolute atomic E-state index is 0.0866. The average Bonchev–Trinajstić information content (AvgIpc) is 3.55. The van der Waals surface area contributed by atoms with Gasteiger partial charge in [-0.25, -0.2) is 0 Å². The van der Waals surface area contributed by atoms with Crippen LogP contribution in [0.3, 0.4) is 0 Å². The Morgan fingerprint density at radius 1 is 0.854 bits per heavy atom. The molecule has 0 radical (unpaired) electrons. The largest absolute Gasteiger partial charge is 0.371 e. The fourth-order valence-electron chi connectivity index (χ4n) is 8.29. The summed E-state index contributed by atoms with van der Waals surface area (Å²) >= 11 is 0. The summed E-state index contributed by atoms with van der Waals surface area (Å²) in [7, 11) is 2.09. The van der Waals surface area contributed by atoms with Crippen molar-refractivity contribution < 1.29 is 9.59 Å². The van der Waals surface area contributed by atoms with Crippen molar-refractivity contribution in [3.63, 3.8) is 0 Å². The maximum Gasteiger partial charge on any atom is 0.255 e. The summed E-state index contributed by atoms with van der Waals surface area (Å²) in [5.41, 5.74) is 7.78. The van der Waals surface area contributed by atoms with Gasteiger partial charge in [-0.3, -0.25) is 9.59 Å². The number of benzene rings is 4. The molecule has 6 nitrogen and oxygen atoms in total. The van der Waals surface area contributed by atoms with Gasteiger partial charge in [-0.1, -0.05) is 101 Å². The molecule has 1 saturated heterocycles. The molecular weight excluding hydrogens is 592 g/mol. The van der Waals surface area contributed by atoms with E-state index in [4.69, 9.17) is 0 Å². The number of carbonyl (C=O) groups excluding carboxylic acids is 2. The number of para-hydroxylation sites is 1. The van der Waals surface area contributed by atoms with Gasteiger partial charge in [-0.15, -0.1) is 0 Å². The normalized spacial score (nSPS) is 20.5. The molecule has 0 bridgehead atoms. The fraction of sp³-hybridized carbons (Fsp3) is 0.333. The predicted octanol–water partition coefficient (Wildman–Crippen LogP) is 8.93. The van der Waals surface area contributed by atoms with Crippen LogP contribution in [-0.4, -0.2) is 40.4 Å². The van der Waals surface area contributed by atoms with Gasteiger partial charge in [-0.2, -0.15) is 0 Å². The molecule has 5 unspecified atom stereocenters. The number of fused-ring (bicyclic) bond motifs is 2. The molecule has 0 saturated carbocycles. The van der Waals surface area contributed by atoms with Crippen LogP contribution in [0.25, 0.3) is 22.2 Å². The van der Waals surface area contributed by atoms with Gasteiger partial charge >= 0.3 is 0 Å². The summed E-state index contributed by atoms with van der Waals surface area (Å²) in [6, 6.07) is 33.7. The number of hydrogen-bond donors (Lipinski definition) is 1. The van der Waals surface area contributed by atoms with Crippen LogP contribution in [0.1, 0.15) is 68.1 Å². The van der Waals surface area contributed by atoms with E-state index in [1.165, 1.54) is 12.1 Å². The molecule has 5 atom stereocenters. The Bertz CT molecular complexity index is 1940. The third-order valence-corrected chi connectivity index (χ3v) is 10.6. The second-order valence-corrected chi connectivity index (χ2v) is 14.1. The minimum atomic E-state index is -0.689. The van der Waals surface area contributed by atoms with Crippen molar-refractivity contribution in [3.05, 3.63) is 120 Å². The molecule has 0 spiro atoms. The van der Waals surface area contributed by atoms with E-state index >= 15 is 0 Å². The van der Waals surface area contributed by atoms with Crippen molar-refractivity contribution in [3.8, 4) is 11.3 Å². The van der Waals surface area contributed by atoms with Gasteiger partial charge in [0.2, 0.25) is 5.91 Å². The van der Waals surface area contributed by atoms with Gasteiger partial charge < -0.3 is 19.7 Å². The number of hydrogen-bond acceptors (Lipinski definition) is 3. The second-order valence-electron chi connectivity index (χ2n) is 14.1. The number of aromatic nitrogens is 1. The number of amides is 2. The second kappa shape index (κ2) is 13.0. The van der Waals surface area contributed by atoms with Gasteiger partial charge in [0.05, 0.1) is 11.7 Å². The third kappa shape index (κ3) is 5.57. The van der Waals surface area contributed by atoms with Crippen LogP contribution in [0.5, 0.6) is 0 Å². The molecule has 2 aliphatic heterocycles. The minimum Gasteiger partial charge on any atom is -0.371 e. The summed E-state index contributed by atoms with van der Waals surface area (Å²) in [6.45, 7) is 10.9. The molecule has 0 aliphatic carbocycles. The summed E-state index contributed by atoms with van der Waals surface area (Å²) in [5, 5.41) is 4.32. The molecule has 6 heteroatoms. The Morgan fingerprint density at radius 2 is 1.50 bits per heavy atom. The van der Waals surface area contributed by atoms with Gasteiger partial charge in [0.15, 0.2) is 0 Å². The molecule has 1 aromatic heterocycles. The highest BCUT2D eigenvalue weighted by atomic mass is 16.2. The number of carbonyl (C=O) groups is 2. The van der Waals surface area contributed by atoms with E-state index in [0.717, 1.165) is 58.5 Å². The van der Waals surface area contributed by atoms with E-state index in [2.05, 4.69) is 116 Å². The maximum absolute atomic E-state index is 14.6. The van der Waals surface area contributed by atoms with Crippen molar-refractivity contribution in [2.24, 2.45) is 24.8 Å². The lowest BCUT2D eigenvalue weighted by molar-refractivity contribution is -0.122. The van der Waals surface area contributed by atoms with Crippen molar-refractivity contribution in [1.29, 1.82) is 0 Å². The van der Waals surface area contributed by atoms with E-state index in [9.17, 15) is 9.59 Å². The molecular formula is C42H46N4O2. The van der Waals surface area contributed by atoms with E-state index < -0.39 is 12.1 Å². The number of nitrogens with one attached hydrogen (secondary N) is 1. The van der Waals surface area contributed by atoms with Gasteiger partial charge in [0.1, 0.15) is 6.04 Å². The Labute approximate surface area is 284 Å². The Kier molecular flexibility index (Phi) is 8.59. The number of nitrogens with zero attached hydrogens (tertiary/aromatic N) is 3. The Hall–Kier alpha value is -4.84. The first-order valence-corrected chi connectivity index (χ1v) is 17.5. The fourth-order valence-corrected chi connectivity index (χ4v) is 8.29.